The van der Waals surface area contributed by atoms with Crippen molar-refractivity contribution in [3.8, 4) is 0 Å². The number of benzene rings is 2. The molecule has 0 bridgehead atoms. The predicted molar refractivity (Wildman–Crippen MR) is 86.9 cm³/mol. The van der Waals surface area contributed by atoms with Crippen LogP contribution in [0.25, 0.3) is 0 Å². The number of carbonyl (C=O) groups excluding carboxylic acids is 1. The highest BCUT2D eigenvalue weighted by molar-refractivity contribution is 6.03. The minimum atomic E-state index is -0.482. The van der Waals surface area contributed by atoms with Gasteiger partial charge >= 0.3 is 0 Å². The fourth-order valence-corrected chi connectivity index (χ4v) is 3.22. The molecule has 0 amide bonds. The molecule has 0 fully saturated rings. The molecule has 0 saturated carbocycles. The molecule has 21 heavy (non-hydrogen) atoms. The van der Waals surface area contributed by atoms with Crippen LogP contribution in [0.5, 0.6) is 0 Å². The SMILES string of the molecule is CC(C)(C(=O)c1ccc2c(c1)CCCC2)c1ccccc1. The maximum atomic E-state index is 13.0. The van der Waals surface area contributed by atoms with Crippen LogP contribution in [0.4, 0.5) is 0 Å². The van der Waals surface area contributed by atoms with Crippen molar-refractivity contribution in [1.29, 1.82) is 0 Å². The van der Waals surface area contributed by atoms with E-state index in [4.69, 9.17) is 0 Å². The number of rotatable bonds is 3. The first-order chi connectivity index (χ1) is 10.1. The van der Waals surface area contributed by atoms with Gasteiger partial charge in [0.1, 0.15) is 0 Å². The van der Waals surface area contributed by atoms with Gasteiger partial charge < -0.3 is 0 Å². The molecule has 1 nitrogen and oxygen atoms in total. The second-order valence-corrected chi connectivity index (χ2v) is 6.51. The molecule has 1 heteroatoms. The fraction of sp³-hybridized carbons (Fsp3) is 0.350. The Hall–Kier alpha value is -1.89. The average Bonchev–Trinajstić information content (AvgIpc) is 2.54. The van der Waals surface area contributed by atoms with Gasteiger partial charge in [0.25, 0.3) is 0 Å². The quantitative estimate of drug-likeness (QED) is 0.742. The minimum absolute atomic E-state index is 0.210. The number of hydrogen-bond donors (Lipinski definition) is 0. The van der Waals surface area contributed by atoms with Crippen LogP contribution in [0.15, 0.2) is 48.5 Å². The summed E-state index contributed by atoms with van der Waals surface area (Å²) in [6, 6.07) is 16.4. The van der Waals surface area contributed by atoms with Crippen LogP contribution in [0.2, 0.25) is 0 Å². The molecule has 2 aromatic rings. The molecule has 0 atom stereocenters. The van der Waals surface area contributed by atoms with Crippen LogP contribution in [0, 0.1) is 0 Å². The zero-order valence-electron chi connectivity index (χ0n) is 12.9. The Bertz CT molecular complexity index is 653. The topological polar surface area (TPSA) is 17.1 Å². The van der Waals surface area contributed by atoms with Crippen molar-refractivity contribution < 1.29 is 4.79 Å². The third-order valence-corrected chi connectivity index (χ3v) is 4.67. The van der Waals surface area contributed by atoms with Gasteiger partial charge in [-0.3, -0.25) is 4.79 Å². The molecule has 2 aromatic carbocycles. The van der Waals surface area contributed by atoms with Crippen LogP contribution in [-0.4, -0.2) is 5.78 Å². The molecule has 0 aliphatic heterocycles. The van der Waals surface area contributed by atoms with Gasteiger partial charge in [0.05, 0.1) is 5.41 Å². The molecule has 1 aliphatic carbocycles. The van der Waals surface area contributed by atoms with Crippen LogP contribution >= 0.6 is 0 Å². The molecule has 1 aliphatic rings. The van der Waals surface area contributed by atoms with Gasteiger partial charge in [-0.15, -0.1) is 0 Å². The maximum Gasteiger partial charge on any atom is 0.172 e. The molecule has 0 unspecified atom stereocenters. The first kappa shape index (κ1) is 14.1. The summed E-state index contributed by atoms with van der Waals surface area (Å²) < 4.78 is 0. The monoisotopic (exact) mass is 278 g/mol. The number of hydrogen-bond acceptors (Lipinski definition) is 1. The molecule has 0 N–H and O–H groups in total. The number of ketones is 1. The lowest BCUT2D eigenvalue weighted by Gasteiger charge is -2.25. The number of aryl methyl sites for hydroxylation is 2. The van der Waals surface area contributed by atoms with Crippen LogP contribution < -0.4 is 0 Å². The van der Waals surface area contributed by atoms with Crippen molar-refractivity contribution in [2.45, 2.75) is 44.9 Å². The van der Waals surface area contributed by atoms with E-state index in [1.165, 1.54) is 24.0 Å². The number of fused-ring (bicyclic) bond motifs is 1. The molecule has 0 aromatic heterocycles. The van der Waals surface area contributed by atoms with E-state index >= 15 is 0 Å². The second kappa shape index (κ2) is 5.48. The largest absolute Gasteiger partial charge is 0.293 e. The third-order valence-electron chi connectivity index (χ3n) is 4.67. The first-order valence-electron chi connectivity index (χ1n) is 7.81. The second-order valence-electron chi connectivity index (χ2n) is 6.51. The highest BCUT2D eigenvalue weighted by Gasteiger charge is 2.30. The van der Waals surface area contributed by atoms with Crippen LogP contribution in [-0.2, 0) is 18.3 Å². The average molecular weight is 278 g/mol. The van der Waals surface area contributed by atoms with Crippen LogP contribution in [0.1, 0.15) is 53.7 Å². The fourth-order valence-electron chi connectivity index (χ4n) is 3.22. The Balaban J connectivity index is 1.95. The standard InChI is InChI=1S/C20H22O/c1-20(2,18-10-4-3-5-11-18)19(21)17-13-12-15-8-6-7-9-16(15)14-17/h3-5,10-14H,6-9H2,1-2H3. The van der Waals surface area contributed by atoms with E-state index in [0.717, 1.165) is 24.0 Å². The van der Waals surface area contributed by atoms with Crippen molar-refractivity contribution in [3.63, 3.8) is 0 Å². The molecule has 0 radical (unpaired) electrons. The maximum absolute atomic E-state index is 13.0. The van der Waals surface area contributed by atoms with Gasteiger partial charge in [0, 0.05) is 5.56 Å². The van der Waals surface area contributed by atoms with Gasteiger partial charge in [0.15, 0.2) is 5.78 Å². The van der Waals surface area contributed by atoms with E-state index in [9.17, 15) is 4.79 Å². The van der Waals surface area contributed by atoms with Crippen molar-refractivity contribution in [1.82, 2.24) is 0 Å². The summed E-state index contributed by atoms with van der Waals surface area (Å²) in [5.41, 5.74) is 4.24. The summed E-state index contributed by atoms with van der Waals surface area (Å²) in [7, 11) is 0. The van der Waals surface area contributed by atoms with Gasteiger partial charge in [-0.05, 0) is 62.3 Å². The predicted octanol–water partition coefficient (Wildman–Crippen LogP) is 4.73. The Morgan fingerprint density at radius 3 is 2.29 bits per heavy atom. The Morgan fingerprint density at radius 1 is 0.905 bits per heavy atom. The van der Waals surface area contributed by atoms with Gasteiger partial charge in [-0.2, -0.15) is 0 Å². The van der Waals surface area contributed by atoms with Crippen LogP contribution in [0.3, 0.4) is 0 Å². The Kier molecular flexibility index (Phi) is 3.67. The number of carbonyl (C=O) groups is 1. The highest BCUT2D eigenvalue weighted by Crippen LogP contribution is 2.29. The summed E-state index contributed by atoms with van der Waals surface area (Å²) in [6.07, 6.45) is 4.79. The van der Waals surface area contributed by atoms with Gasteiger partial charge in [-0.1, -0.05) is 42.5 Å². The highest BCUT2D eigenvalue weighted by atomic mass is 16.1. The van der Waals surface area contributed by atoms with E-state index in [0.29, 0.717) is 0 Å². The lowest BCUT2D eigenvalue weighted by molar-refractivity contribution is 0.0908. The molecular formula is C20H22O. The van der Waals surface area contributed by atoms with Crippen molar-refractivity contribution in [2.75, 3.05) is 0 Å². The zero-order valence-corrected chi connectivity index (χ0v) is 12.9. The summed E-state index contributed by atoms with van der Waals surface area (Å²) >= 11 is 0. The Morgan fingerprint density at radius 2 is 1.57 bits per heavy atom. The summed E-state index contributed by atoms with van der Waals surface area (Å²) in [4.78, 5) is 13.0. The molecule has 3 rings (SSSR count). The Labute approximate surface area is 127 Å². The molecule has 108 valence electrons. The molecule has 0 saturated heterocycles. The van der Waals surface area contributed by atoms with Crippen molar-refractivity contribution >= 4 is 5.78 Å². The zero-order chi connectivity index (χ0) is 14.9. The van der Waals surface area contributed by atoms with Gasteiger partial charge in [-0.25, -0.2) is 0 Å². The molecule has 0 spiro atoms. The van der Waals surface area contributed by atoms with E-state index in [-0.39, 0.29) is 5.78 Å². The smallest absolute Gasteiger partial charge is 0.172 e. The lowest BCUT2D eigenvalue weighted by atomic mass is 9.77. The summed E-state index contributed by atoms with van der Waals surface area (Å²) in [5.74, 6) is 0.210. The molecular weight excluding hydrogens is 256 g/mol. The summed E-state index contributed by atoms with van der Waals surface area (Å²) in [6.45, 7) is 4.04. The molecule has 0 heterocycles. The number of Topliss-reactive ketones (excluding diaryl/α,β-unsaturated/α-hetero) is 1. The normalized spacial score (nSPS) is 14.6. The van der Waals surface area contributed by atoms with Crippen molar-refractivity contribution in [2.24, 2.45) is 0 Å². The van der Waals surface area contributed by atoms with E-state index in [1.54, 1.807) is 0 Å². The third kappa shape index (κ3) is 2.65. The minimum Gasteiger partial charge on any atom is -0.293 e. The van der Waals surface area contributed by atoms with Crippen molar-refractivity contribution in [3.05, 3.63) is 70.8 Å². The first-order valence-corrected chi connectivity index (χ1v) is 7.81. The summed E-state index contributed by atoms with van der Waals surface area (Å²) in [5, 5.41) is 0. The van der Waals surface area contributed by atoms with Gasteiger partial charge in [0.2, 0.25) is 0 Å². The van der Waals surface area contributed by atoms with E-state index in [1.807, 2.05) is 50.2 Å². The van der Waals surface area contributed by atoms with E-state index in [2.05, 4.69) is 12.1 Å². The lowest BCUT2D eigenvalue weighted by Crippen LogP contribution is -2.29. The van der Waals surface area contributed by atoms with E-state index < -0.39 is 5.41 Å².